The third-order valence-corrected chi connectivity index (χ3v) is 2.84. The largest absolute Gasteiger partial charge is 0.497 e. The second-order valence-electron chi connectivity index (χ2n) is 3.97. The van der Waals surface area contributed by atoms with Crippen LogP contribution in [0.5, 0.6) is 5.75 Å². The van der Waals surface area contributed by atoms with Crippen molar-refractivity contribution in [3.05, 3.63) is 29.3 Å². The van der Waals surface area contributed by atoms with E-state index in [1.807, 2.05) is 0 Å². The first kappa shape index (κ1) is 9.53. The number of hydrogen-bond acceptors (Lipinski definition) is 2. The molecule has 14 heavy (non-hydrogen) atoms. The van der Waals surface area contributed by atoms with E-state index in [4.69, 9.17) is 4.74 Å². The van der Waals surface area contributed by atoms with Gasteiger partial charge < -0.3 is 10.1 Å². The molecule has 0 aromatic heterocycles. The van der Waals surface area contributed by atoms with Gasteiger partial charge in [-0.3, -0.25) is 0 Å². The molecule has 1 fully saturated rings. The van der Waals surface area contributed by atoms with Gasteiger partial charge >= 0.3 is 0 Å². The molecule has 1 heterocycles. The lowest BCUT2D eigenvalue weighted by atomic mass is 9.96. The lowest BCUT2D eigenvalue weighted by Crippen LogP contribution is -2.08. The summed E-state index contributed by atoms with van der Waals surface area (Å²) in [5, 5.41) is 3.39. The van der Waals surface area contributed by atoms with Crippen LogP contribution in [0, 0.1) is 6.92 Å². The summed E-state index contributed by atoms with van der Waals surface area (Å²) in [6.45, 7) is 4.36. The molecule has 0 amide bonds. The number of benzene rings is 1. The summed E-state index contributed by atoms with van der Waals surface area (Å²) in [6, 6.07) is 6.50. The zero-order valence-electron chi connectivity index (χ0n) is 8.84. The fourth-order valence-corrected chi connectivity index (χ4v) is 2.07. The van der Waals surface area contributed by atoms with E-state index < -0.39 is 0 Å². The predicted octanol–water partition coefficient (Wildman–Crippen LogP) is 2.08. The van der Waals surface area contributed by atoms with Gasteiger partial charge in [-0.05, 0) is 49.1 Å². The molecule has 1 aliphatic heterocycles. The first-order valence-corrected chi connectivity index (χ1v) is 5.16. The Hall–Kier alpha value is -1.02. The van der Waals surface area contributed by atoms with Crippen molar-refractivity contribution in [2.24, 2.45) is 0 Å². The van der Waals surface area contributed by atoms with E-state index in [1.165, 1.54) is 17.5 Å². The maximum Gasteiger partial charge on any atom is 0.119 e. The Morgan fingerprint density at radius 1 is 1.36 bits per heavy atom. The van der Waals surface area contributed by atoms with Crippen molar-refractivity contribution in [2.75, 3.05) is 20.2 Å². The molecule has 0 spiro atoms. The van der Waals surface area contributed by atoms with Gasteiger partial charge in [0.15, 0.2) is 0 Å². The van der Waals surface area contributed by atoms with Crippen molar-refractivity contribution in [2.45, 2.75) is 19.3 Å². The Balaban J connectivity index is 2.27. The highest BCUT2D eigenvalue weighted by molar-refractivity contribution is 5.36. The van der Waals surface area contributed by atoms with E-state index in [-0.39, 0.29) is 0 Å². The van der Waals surface area contributed by atoms with Crippen LogP contribution >= 0.6 is 0 Å². The minimum atomic E-state index is 0.670. The quantitative estimate of drug-likeness (QED) is 0.772. The van der Waals surface area contributed by atoms with Crippen molar-refractivity contribution in [3.8, 4) is 5.75 Å². The van der Waals surface area contributed by atoms with E-state index in [9.17, 15) is 0 Å². The summed E-state index contributed by atoms with van der Waals surface area (Å²) >= 11 is 0. The fraction of sp³-hybridized carbons (Fsp3) is 0.500. The number of hydrogen-bond donors (Lipinski definition) is 1. The van der Waals surface area contributed by atoms with Gasteiger partial charge in [0.1, 0.15) is 5.75 Å². The molecule has 0 bridgehead atoms. The van der Waals surface area contributed by atoms with E-state index >= 15 is 0 Å². The van der Waals surface area contributed by atoms with Crippen LogP contribution in [-0.4, -0.2) is 20.2 Å². The fourth-order valence-electron chi connectivity index (χ4n) is 2.07. The molecule has 1 saturated heterocycles. The molecule has 1 aromatic carbocycles. The van der Waals surface area contributed by atoms with Crippen molar-refractivity contribution in [1.29, 1.82) is 0 Å². The molecule has 1 aromatic rings. The molecule has 76 valence electrons. The molecule has 1 atom stereocenters. The number of ether oxygens (including phenoxy) is 1. The monoisotopic (exact) mass is 191 g/mol. The molecule has 1 aliphatic rings. The average molecular weight is 191 g/mol. The molecule has 0 radical (unpaired) electrons. The van der Waals surface area contributed by atoms with Crippen LogP contribution in [0.4, 0.5) is 0 Å². The van der Waals surface area contributed by atoms with Crippen LogP contribution in [-0.2, 0) is 0 Å². The average Bonchev–Trinajstić information content (AvgIpc) is 2.69. The zero-order valence-corrected chi connectivity index (χ0v) is 8.84. The Labute approximate surface area is 85.3 Å². The normalized spacial score (nSPS) is 21.1. The highest BCUT2D eigenvalue weighted by atomic mass is 16.5. The SMILES string of the molecule is COc1cc(C)cc(C2CCNC2)c1. The van der Waals surface area contributed by atoms with Gasteiger partial charge in [-0.15, -0.1) is 0 Å². The smallest absolute Gasteiger partial charge is 0.119 e. The van der Waals surface area contributed by atoms with Gasteiger partial charge in [-0.1, -0.05) is 6.07 Å². The second kappa shape index (κ2) is 4.01. The molecule has 2 rings (SSSR count). The van der Waals surface area contributed by atoms with E-state index in [0.717, 1.165) is 18.8 Å². The van der Waals surface area contributed by atoms with Crippen LogP contribution in [0.1, 0.15) is 23.5 Å². The first-order chi connectivity index (χ1) is 6.79. The zero-order chi connectivity index (χ0) is 9.97. The summed E-state index contributed by atoms with van der Waals surface area (Å²) in [5.74, 6) is 1.65. The second-order valence-corrected chi connectivity index (χ2v) is 3.97. The molecule has 1 N–H and O–H groups in total. The first-order valence-electron chi connectivity index (χ1n) is 5.16. The third-order valence-electron chi connectivity index (χ3n) is 2.84. The molecule has 0 saturated carbocycles. The van der Waals surface area contributed by atoms with Crippen molar-refractivity contribution < 1.29 is 4.74 Å². The van der Waals surface area contributed by atoms with Crippen LogP contribution in [0.2, 0.25) is 0 Å². The van der Waals surface area contributed by atoms with Gasteiger partial charge in [-0.2, -0.15) is 0 Å². The highest BCUT2D eigenvalue weighted by Gasteiger charge is 2.17. The summed E-state index contributed by atoms with van der Waals surface area (Å²) in [6.07, 6.45) is 1.24. The number of methoxy groups -OCH3 is 1. The lowest BCUT2D eigenvalue weighted by molar-refractivity contribution is 0.413. The maximum atomic E-state index is 5.27. The Morgan fingerprint density at radius 2 is 2.21 bits per heavy atom. The van der Waals surface area contributed by atoms with Gasteiger partial charge in [-0.25, -0.2) is 0 Å². The minimum absolute atomic E-state index is 0.670. The summed E-state index contributed by atoms with van der Waals surface area (Å²) in [4.78, 5) is 0. The third kappa shape index (κ3) is 1.90. The van der Waals surface area contributed by atoms with Crippen LogP contribution < -0.4 is 10.1 Å². The van der Waals surface area contributed by atoms with Gasteiger partial charge in [0.2, 0.25) is 0 Å². The molecule has 2 heteroatoms. The molecule has 2 nitrogen and oxygen atoms in total. The lowest BCUT2D eigenvalue weighted by Gasteiger charge is -2.11. The van der Waals surface area contributed by atoms with E-state index in [0.29, 0.717) is 5.92 Å². The molecule has 0 aliphatic carbocycles. The van der Waals surface area contributed by atoms with E-state index in [2.05, 4.69) is 30.4 Å². The Bertz CT molecular complexity index is 316. The number of aryl methyl sites for hydroxylation is 1. The Morgan fingerprint density at radius 3 is 2.86 bits per heavy atom. The van der Waals surface area contributed by atoms with Gasteiger partial charge in [0.05, 0.1) is 7.11 Å². The van der Waals surface area contributed by atoms with Crippen LogP contribution in [0.15, 0.2) is 18.2 Å². The van der Waals surface area contributed by atoms with Crippen LogP contribution in [0.3, 0.4) is 0 Å². The minimum Gasteiger partial charge on any atom is -0.497 e. The molecular formula is C12H17NO. The van der Waals surface area contributed by atoms with Crippen molar-refractivity contribution >= 4 is 0 Å². The Kier molecular flexibility index (Phi) is 2.73. The topological polar surface area (TPSA) is 21.3 Å². The number of rotatable bonds is 2. The van der Waals surface area contributed by atoms with Crippen LogP contribution in [0.25, 0.3) is 0 Å². The van der Waals surface area contributed by atoms with Gasteiger partial charge in [0, 0.05) is 6.54 Å². The summed E-state index contributed by atoms with van der Waals surface area (Å²) in [7, 11) is 1.73. The molecular weight excluding hydrogens is 174 g/mol. The van der Waals surface area contributed by atoms with Gasteiger partial charge in [0.25, 0.3) is 0 Å². The number of nitrogens with one attached hydrogen (secondary N) is 1. The van der Waals surface area contributed by atoms with Crippen molar-refractivity contribution in [1.82, 2.24) is 5.32 Å². The highest BCUT2D eigenvalue weighted by Crippen LogP contribution is 2.26. The summed E-state index contributed by atoms with van der Waals surface area (Å²) in [5.41, 5.74) is 2.69. The molecule has 1 unspecified atom stereocenters. The predicted molar refractivity (Wildman–Crippen MR) is 58.0 cm³/mol. The maximum absolute atomic E-state index is 5.27. The van der Waals surface area contributed by atoms with Crippen molar-refractivity contribution in [3.63, 3.8) is 0 Å². The summed E-state index contributed by atoms with van der Waals surface area (Å²) < 4.78 is 5.27. The van der Waals surface area contributed by atoms with E-state index in [1.54, 1.807) is 7.11 Å². The standard InChI is InChI=1S/C12H17NO/c1-9-5-11(7-12(6-9)14-2)10-3-4-13-8-10/h5-7,10,13H,3-4,8H2,1-2H3.